The number of rotatable bonds is 2. The number of aromatic carboxylic acids is 1. The summed E-state index contributed by atoms with van der Waals surface area (Å²) in [5.41, 5.74) is 1.98. The number of hydrogen-bond donors (Lipinski definition) is 1. The van der Waals surface area contributed by atoms with Crippen molar-refractivity contribution in [1.82, 2.24) is 0 Å². The topological polar surface area (TPSA) is 52.9 Å². The zero-order valence-corrected chi connectivity index (χ0v) is 8.92. The van der Waals surface area contributed by atoms with Crippen LogP contribution in [0.1, 0.15) is 15.9 Å². The molecule has 0 saturated carbocycles. The molecule has 0 atom stereocenters. The predicted molar refractivity (Wildman–Crippen MR) is 63.1 cm³/mol. The third kappa shape index (κ3) is 1.82. The number of allylic oxidation sites excluding steroid dienone is 1. The molecule has 0 aromatic heterocycles. The van der Waals surface area contributed by atoms with Crippen LogP contribution < -0.4 is 4.90 Å². The van der Waals surface area contributed by atoms with Gasteiger partial charge in [-0.2, -0.15) is 0 Å². The number of anilines is 1. The van der Waals surface area contributed by atoms with Crippen molar-refractivity contribution < 1.29 is 9.90 Å². The first kappa shape index (κ1) is 10.4. The van der Waals surface area contributed by atoms with Crippen LogP contribution in [-0.4, -0.2) is 24.0 Å². The average Bonchev–Trinajstić information content (AvgIpc) is 2.30. The predicted octanol–water partition coefficient (Wildman–Crippen LogP) is 2.06. The molecule has 0 spiro atoms. The second-order valence-corrected chi connectivity index (χ2v) is 3.54. The van der Waals surface area contributed by atoms with E-state index >= 15 is 0 Å². The number of carboxylic acids is 1. The minimum absolute atomic E-state index is 0.334. The van der Waals surface area contributed by atoms with E-state index in [9.17, 15) is 4.79 Å². The van der Waals surface area contributed by atoms with Crippen LogP contribution >= 0.6 is 0 Å². The molecular formula is C12H12N2O2. The van der Waals surface area contributed by atoms with E-state index in [1.807, 2.05) is 30.2 Å². The number of nitrogens with zero attached hydrogens (tertiary/aromatic N) is 2. The molecule has 0 saturated heterocycles. The lowest BCUT2D eigenvalue weighted by Gasteiger charge is -2.22. The minimum atomic E-state index is -0.899. The smallest absolute Gasteiger partial charge is 0.336 e. The molecule has 1 aromatic rings. The molecule has 1 N–H and O–H groups in total. The fourth-order valence-corrected chi connectivity index (χ4v) is 1.71. The van der Waals surface area contributed by atoms with Crippen molar-refractivity contribution >= 4 is 17.9 Å². The maximum absolute atomic E-state index is 11.0. The van der Waals surface area contributed by atoms with Crippen molar-refractivity contribution in [3.8, 4) is 0 Å². The van der Waals surface area contributed by atoms with Crippen LogP contribution in [0.2, 0.25) is 0 Å². The zero-order valence-electron chi connectivity index (χ0n) is 8.92. The number of carboxylic acid groups (broad SMARTS) is 1. The summed E-state index contributed by atoms with van der Waals surface area (Å²) in [5.74, 6) is -0.899. The second-order valence-electron chi connectivity index (χ2n) is 3.54. The molecule has 1 aromatic carbocycles. The highest BCUT2D eigenvalue weighted by molar-refractivity contribution is 5.91. The van der Waals surface area contributed by atoms with Crippen LogP contribution in [0.15, 0.2) is 35.5 Å². The summed E-state index contributed by atoms with van der Waals surface area (Å²) < 4.78 is 0. The van der Waals surface area contributed by atoms with Crippen molar-refractivity contribution in [1.29, 1.82) is 0 Å². The molecule has 0 aliphatic carbocycles. The molecular weight excluding hydrogens is 204 g/mol. The third-order valence-corrected chi connectivity index (χ3v) is 2.54. The highest BCUT2D eigenvalue weighted by atomic mass is 16.4. The number of hydrogen-bond acceptors (Lipinski definition) is 3. The van der Waals surface area contributed by atoms with E-state index in [0.29, 0.717) is 12.2 Å². The van der Waals surface area contributed by atoms with Crippen LogP contribution in [-0.2, 0) is 0 Å². The molecule has 4 nitrogen and oxygen atoms in total. The Bertz CT molecular complexity index is 478. The maximum Gasteiger partial charge on any atom is 0.336 e. The molecule has 0 amide bonds. The van der Waals surface area contributed by atoms with Gasteiger partial charge in [-0.05, 0) is 30.7 Å². The molecule has 4 heteroatoms. The molecule has 0 bridgehead atoms. The zero-order chi connectivity index (χ0) is 11.5. The first-order chi connectivity index (χ1) is 7.70. The van der Waals surface area contributed by atoms with Crippen LogP contribution in [0.25, 0.3) is 0 Å². The molecule has 1 heterocycles. The Labute approximate surface area is 93.5 Å². The Kier molecular flexibility index (Phi) is 2.72. The van der Waals surface area contributed by atoms with Crippen LogP contribution in [0.4, 0.5) is 5.69 Å². The largest absolute Gasteiger partial charge is 0.478 e. The lowest BCUT2D eigenvalue weighted by Crippen LogP contribution is -2.20. The number of carbonyl (C=O) groups is 1. The highest BCUT2D eigenvalue weighted by Gasteiger charge is 2.13. The van der Waals surface area contributed by atoms with Gasteiger partial charge in [0, 0.05) is 18.1 Å². The first-order valence-corrected chi connectivity index (χ1v) is 4.96. The molecule has 0 radical (unpaired) electrons. The van der Waals surface area contributed by atoms with Gasteiger partial charge < -0.3 is 10.0 Å². The Morgan fingerprint density at radius 2 is 2.31 bits per heavy atom. The van der Waals surface area contributed by atoms with Crippen LogP contribution in [0, 0.1) is 6.92 Å². The van der Waals surface area contributed by atoms with Crippen molar-refractivity contribution in [3.05, 3.63) is 41.6 Å². The molecule has 82 valence electrons. The second kappa shape index (κ2) is 4.18. The van der Waals surface area contributed by atoms with E-state index in [1.54, 1.807) is 18.3 Å². The van der Waals surface area contributed by atoms with Crippen molar-refractivity contribution in [2.45, 2.75) is 6.92 Å². The van der Waals surface area contributed by atoms with Gasteiger partial charge in [0.15, 0.2) is 0 Å². The van der Waals surface area contributed by atoms with Crippen molar-refractivity contribution in [2.24, 2.45) is 4.99 Å². The normalized spacial score (nSPS) is 14.2. The van der Waals surface area contributed by atoms with Gasteiger partial charge in [0.25, 0.3) is 0 Å². The highest BCUT2D eigenvalue weighted by Crippen LogP contribution is 2.24. The quantitative estimate of drug-likeness (QED) is 0.823. The first-order valence-electron chi connectivity index (χ1n) is 4.96. The van der Waals surface area contributed by atoms with E-state index in [4.69, 9.17) is 5.11 Å². The average molecular weight is 216 g/mol. The summed E-state index contributed by atoms with van der Waals surface area (Å²) in [6.45, 7) is 2.34. The number of benzene rings is 1. The lowest BCUT2D eigenvalue weighted by molar-refractivity contribution is 0.0696. The summed E-state index contributed by atoms with van der Waals surface area (Å²) in [4.78, 5) is 17.0. The Morgan fingerprint density at radius 3 is 2.94 bits per heavy atom. The van der Waals surface area contributed by atoms with E-state index in [2.05, 4.69) is 4.99 Å². The van der Waals surface area contributed by atoms with E-state index < -0.39 is 5.97 Å². The Balaban J connectivity index is 2.41. The Hall–Kier alpha value is -2.10. The van der Waals surface area contributed by atoms with E-state index in [1.165, 1.54) is 0 Å². The minimum Gasteiger partial charge on any atom is -0.478 e. The molecule has 0 fully saturated rings. The summed E-state index contributed by atoms with van der Waals surface area (Å²) >= 11 is 0. The van der Waals surface area contributed by atoms with Crippen molar-refractivity contribution in [3.63, 3.8) is 0 Å². The van der Waals surface area contributed by atoms with Gasteiger partial charge in [0.2, 0.25) is 0 Å². The van der Waals surface area contributed by atoms with Gasteiger partial charge >= 0.3 is 5.97 Å². The van der Waals surface area contributed by atoms with E-state index in [0.717, 1.165) is 11.3 Å². The molecule has 16 heavy (non-hydrogen) atoms. The summed E-state index contributed by atoms with van der Waals surface area (Å²) in [5, 5.41) is 9.02. The summed E-state index contributed by atoms with van der Waals surface area (Å²) in [6, 6.07) is 5.25. The molecule has 2 rings (SSSR count). The summed E-state index contributed by atoms with van der Waals surface area (Å²) in [6.07, 6.45) is 5.45. The van der Waals surface area contributed by atoms with Crippen LogP contribution in [0.5, 0.6) is 0 Å². The SMILES string of the molecule is Cc1c(C(=O)O)cccc1N1C=CC=NC1. The van der Waals surface area contributed by atoms with Gasteiger partial charge in [0.05, 0.1) is 5.56 Å². The molecule has 0 unspecified atom stereocenters. The molecule has 1 aliphatic heterocycles. The van der Waals surface area contributed by atoms with Crippen LogP contribution in [0.3, 0.4) is 0 Å². The maximum atomic E-state index is 11.0. The monoisotopic (exact) mass is 216 g/mol. The van der Waals surface area contributed by atoms with Gasteiger partial charge in [-0.1, -0.05) is 6.07 Å². The van der Waals surface area contributed by atoms with Crippen molar-refractivity contribution in [2.75, 3.05) is 11.6 Å². The van der Waals surface area contributed by atoms with E-state index in [-0.39, 0.29) is 0 Å². The Morgan fingerprint density at radius 1 is 1.50 bits per heavy atom. The lowest BCUT2D eigenvalue weighted by atomic mass is 10.1. The third-order valence-electron chi connectivity index (χ3n) is 2.54. The van der Waals surface area contributed by atoms with Gasteiger partial charge in [-0.3, -0.25) is 4.99 Å². The fourth-order valence-electron chi connectivity index (χ4n) is 1.71. The van der Waals surface area contributed by atoms with Gasteiger partial charge in [0.1, 0.15) is 6.67 Å². The van der Waals surface area contributed by atoms with Gasteiger partial charge in [-0.25, -0.2) is 4.79 Å². The summed E-state index contributed by atoms with van der Waals surface area (Å²) in [7, 11) is 0. The fraction of sp³-hybridized carbons (Fsp3) is 0.167. The number of aliphatic imine (C=N–C) groups is 1. The van der Waals surface area contributed by atoms with Gasteiger partial charge in [-0.15, -0.1) is 0 Å². The molecule has 1 aliphatic rings. The standard InChI is InChI=1S/C12H12N2O2/c1-9-10(12(15)16)4-2-5-11(9)14-7-3-6-13-8-14/h2-7H,8H2,1H3,(H,15,16).